The van der Waals surface area contributed by atoms with E-state index in [4.69, 9.17) is 16.3 Å². The monoisotopic (exact) mass is 611 g/mol. The van der Waals surface area contributed by atoms with Crippen molar-refractivity contribution in [3.63, 3.8) is 0 Å². The molecular weight excluding hydrogens is 574 g/mol. The minimum absolute atomic E-state index is 0.00862. The van der Waals surface area contributed by atoms with Crippen molar-refractivity contribution >= 4 is 39.1 Å². The first-order valence-corrected chi connectivity index (χ1v) is 16.1. The van der Waals surface area contributed by atoms with Gasteiger partial charge in [-0.25, -0.2) is 8.42 Å². The number of rotatable bonds is 12. The van der Waals surface area contributed by atoms with Gasteiger partial charge in [0, 0.05) is 17.6 Å². The van der Waals surface area contributed by atoms with Crippen LogP contribution in [0.4, 0.5) is 5.69 Å². The lowest BCUT2D eigenvalue weighted by Gasteiger charge is -2.32. The Balaban J connectivity index is 1.68. The van der Waals surface area contributed by atoms with E-state index in [-0.39, 0.29) is 23.4 Å². The largest absolute Gasteiger partial charge is 0.494 e. The van der Waals surface area contributed by atoms with Crippen molar-refractivity contribution in [3.05, 3.63) is 88.9 Å². The maximum Gasteiger partial charge on any atom is 0.264 e. The average Bonchev–Trinajstić information content (AvgIpc) is 3.49. The molecule has 2 amide bonds. The fraction of sp³-hybridized carbons (Fsp3) is 0.375. The highest BCUT2D eigenvalue weighted by atomic mass is 35.5. The molecule has 0 saturated heterocycles. The summed E-state index contributed by atoms with van der Waals surface area (Å²) in [5.41, 5.74) is 2.20. The molecule has 0 aromatic heterocycles. The molecule has 10 heteroatoms. The molecule has 1 aliphatic rings. The minimum Gasteiger partial charge on any atom is -0.494 e. The zero-order valence-corrected chi connectivity index (χ0v) is 25.8. The molecule has 1 aliphatic carbocycles. The average molecular weight is 612 g/mol. The predicted molar refractivity (Wildman–Crippen MR) is 165 cm³/mol. The van der Waals surface area contributed by atoms with E-state index in [0.717, 1.165) is 41.1 Å². The summed E-state index contributed by atoms with van der Waals surface area (Å²) in [5.74, 6) is -0.179. The fourth-order valence-electron chi connectivity index (χ4n) is 5.00. The molecule has 1 atom stereocenters. The molecular formula is C32H38ClN3O5S. The summed E-state index contributed by atoms with van der Waals surface area (Å²) < 4.78 is 34.5. The van der Waals surface area contributed by atoms with Crippen LogP contribution < -0.4 is 14.4 Å². The first-order chi connectivity index (χ1) is 20.1. The molecule has 0 spiro atoms. The molecule has 8 nitrogen and oxygen atoms in total. The van der Waals surface area contributed by atoms with E-state index in [9.17, 15) is 18.0 Å². The highest BCUT2D eigenvalue weighted by Gasteiger charge is 2.33. The Morgan fingerprint density at radius 1 is 0.976 bits per heavy atom. The van der Waals surface area contributed by atoms with Crippen LogP contribution in [0, 0.1) is 6.92 Å². The van der Waals surface area contributed by atoms with E-state index in [0.29, 0.717) is 23.1 Å². The normalized spacial score (nSPS) is 14.3. The Morgan fingerprint density at radius 3 is 2.19 bits per heavy atom. The third kappa shape index (κ3) is 7.83. The Kier molecular flexibility index (Phi) is 10.5. The summed E-state index contributed by atoms with van der Waals surface area (Å²) in [7, 11) is -4.18. The Labute approximate surface area is 253 Å². The van der Waals surface area contributed by atoms with Crippen molar-refractivity contribution in [2.75, 3.05) is 17.5 Å². The molecule has 0 aliphatic heterocycles. The summed E-state index contributed by atoms with van der Waals surface area (Å²) >= 11 is 6.02. The van der Waals surface area contributed by atoms with Crippen molar-refractivity contribution < 1.29 is 22.7 Å². The third-order valence-corrected chi connectivity index (χ3v) is 9.50. The summed E-state index contributed by atoms with van der Waals surface area (Å²) in [6.07, 6.45) is 3.94. The van der Waals surface area contributed by atoms with Gasteiger partial charge in [-0.3, -0.25) is 13.9 Å². The number of benzene rings is 3. The van der Waals surface area contributed by atoms with Crippen LogP contribution in [-0.2, 0) is 26.2 Å². The number of nitrogens with zero attached hydrogens (tertiary/aromatic N) is 2. The van der Waals surface area contributed by atoms with Crippen LogP contribution in [0.2, 0.25) is 5.02 Å². The number of carbonyl (C=O) groups excluding carboxylic acids is 2. The van der Waals surface area contributed by atoms with Gasteiger partial charge in [-0.15, -0.1) is 0 Å². The van der Waals surface area contributed by atoms with Gasteiger partial charge < -0.3 is 15.0 Å². The molecule has 3 aromatic rings. The Morgan fingerprint density at radius 2 is 1.60 bits per heavy atom. The molecule has 0 unspecified atom stereocenters. The zero-order valence-electron chi connectivity index (χ0n) is 24.3. The highest BCUT2D eigenvalue weighted by Crippen LogP contribution is 2.27. The maximum absolute atomic E-state index is 14.1. The van der Waals surface area contributed by atoms with Crippen LogP contribution in [0.1, 0.15) is 50.7 Å². The summed E-state index contributed by atoms with van der Waals surface area (Å²) in [5, 5.41) is 3.47. The lowest BCUT2D eigenvalue weighted by atomic mass is 10.1. The second-order valence-electron chi connectivity index (χ2n) is 10.6. The van der Waals surface area contributed by atoms with Gasteiger partial charge in [-0.2, -0.15) is 0 Å². The van der Waals surface area contributed by atoms with Gasteiger partial charge in [0.25, 0.3) is 10.0 Å². The number of halogens is 1. The smallest absolute Gasteiger partial charge is 0.264 e. The number of hydrogen-bond donors (Lipinski definition) is 1. The van der Waals surface area contributed by atoms with Crippen LogP contribution in [0.25, 0.3) is 0 Å². The van der Waals surface area contributed by atoms with Gasteiger partial charge in [0.05, 0.1) is 17.2 Å². The molecule has 0 bridgehead atoms. The first kappa shape index (κ1) is 31.4. The number of aryl methyl sites for hydroxylation is 1. The predicted octanol–water partition coefficient (Wildman–Crippen LogP) is 5.72. The molecule has 1 saturated carbocycles. The Bertz CT molecular complexity index is 1460. The summed E-state index contributed by atoms with van der Waals surface area (Å²) in [4.78, 5) is 28.9. The number of sulfonamides is 1. The topological polar surface area (TPSA) is 96.0 Å². The zero-order chi connectivity index (χ0) is 30.3. The fourth-order valence-corrected chi connectivity index (χ4v) is 6.54. The lowest BCUT2D eigenvalue weighted by Crippen LogP contribution is -2.52. The first-order valence-electron chi connectivity index (χ1n) is 14.2. The molecule has 0 heterocycles. The highest BCUT2D eigenvalue weighted by molar-refractivity contribution is 7.92. The SMILES string of the molecule is CCOc1ccc(N(CC(=O)N(Cc2ccc(C)cc2)[C@@H](C)C(=O)NC2CCCC2)S(=O)(=O)c2ccc(Cl)cc2)cc1. The van der Waals surface area contributed by atoms with Crippen LogP contribution in [0.15, 0.2) is 77.7 Å². The lowest BCUT2D eigenvalue weighted by molar-refractivity contribution is -0.139. The quantitative estimate of drug-likeness (QED) is 0.283. The number of carbonyl (C=O) groups is 2. The Hall–Kier alpha value is -3.56. The van der Waals surface area contributed by atoms with Crippen molar-refractivity contribution in [2.45, 2.75) is 70.0 Å². The van der Waals surface area contributed by atoms with Gasteiger partial charge in [0.1, 0.15) is 18.3 Å². The number of amides is 2. The molecule has 1 N–H and O–H groups in total. The van der Waals surface area contributed by atoms with Gasteiger partial charge in [0.2, 0.25) is 11.8 Å². The van der Waals surface area contributed by atoms with E-state index in [1.807, 2.05) is 38.1 Å². The molecule has 42 heavy (non-hydrogen) atoms. The number of hydrogen-bond acceptors (Lipinski definition) is 5. The molecule has 224 valence electrons. The van der Waals surface area contributed by atoms with Gasteiger partial charge in [-0.1, -0.05) is 54.3 Å². The van der Waals surface area contributed by atoms with E-state index < -0.39 is 28.5 Å². The second-order valence-corrected chi connectivity index (χ2v) is 12.9. The van der Waals surface area contributed by atoms with Crippen LogP contribution in [0.3, 0.4) is 0 Å². The van der Waals surface area contributed by atoms with Crippen LogP contribution in [0.5, 0.6) is 5.75 Å². The molecule has 1 fully saturated rings. The van der Waals surface area contributed by atoms with Crippen molar-refractivity contribution in [1.82, 2.24) is 10.2 Å². The van der Waals surface area contributed by atoms with E-state index in [1.54, 1.807) is 31.2 Å². The standard InChI is InChI=1S/C32H38ClN3O5S/c1-4-41-29-17-15-28(16-18-29)36(42(39,40)30-19-13-26(33)14-20-30)22-31(37)35(21-25-11-9-23(2)10-12-25)24(3)32(38)34-27-7-5-6-8-27/h9-20,24,27H,4-8,21-22H2,1-3H3,(H,34,38)/t24-/m0/s1. The van der Waals surface area contributed by atoms with Crippen molar-refractivity contribution in [3.8, 4) is 5.75 Å². The second kappa shape index (κ2) is 14.1. The third-order valence-electron chi connectivity index (χ3n) is 7.46. The van der Waals surface area contributed by atoms with Gasteiger partial charge in [-0.05, 0) is 87.7 Å². The maximum atomic E-state index is 14.1. The molecule has 3 aromatic carbocycles. The van der Waals surface area contributed by atoms with Gasteiger partial charge in [0.15, 0.2) is 0 Å². The minimum atomic E-state index is -4.18. The number of nitrogens with one attached hydrogen (secondary N) is 1. The van der Waals surface area contributed by atoms with Gasteiger partial charge >= 0.3 is 0 Å². The van der Waals surface area contributed by atoms with Crippen molar-refractivity contribution in [2.24, 2.45) is 0 Å². The number of anilines is 1. The summed E-state index contributed by atoms with van der Waals surface area (Å²) in [6.45, 7) is 5.62. The van der Waals surface area contributed by atoms with Crippen LogP contribution in [-0.4, -0.2) is 50.4 Å². The van der Waals surface area contributed by atoms with Crippen LogP contribution >= 0.6 is 11.6 Å². The van der Waals surface area contributed by atoms with E-state index >= 15 is 0 Å². The number of ether oxygens (including phenoxy) is 1. The molecule has 0 radical (unpaired) electrons. The molecule has 4 rings (SSSR count). The van der Waals surface area contributed by atoms with Crippen molar-refractivity contribution in [1.29, 1.82) is 0 Å². The van der Waals surface area contributed by atoms with E-state index in [1.165, 1.54) is 29.2 Å². The summed E-state index contributed by atoms with van der Waals surface area (Å²) in [6, 6.07) is 19.3. The van der Waals surface area contributed by atoms with E-state index in [2.05, 4.69) is 5.32 Å².